The second kappa shape index (κ2) is 11.0. The molecule has 1 saturated heterocycles. The van der Waals surface area contributed by atoms with E-state index >= 15 is 0 Å². The normalized spacial score (nSPS) is 21.9. The van der Waals surface area contributed by atoms with Crippen molar-refractivity contribution >= 4 is 18.3 Å². The van der Waals surface area contributed by atoms with Gasteiger partial charge in [0.2, 0.25) is 11.8 Å². The summed E-state index contributed by atoms with van der Waals surface area (Å²) in [5.74, 6) is 0.319. The van der Waals surface area contributed by atoms with E-state index in [1.54, 1.807) is 0 Å². The zero-order valence-corrected chi connectivity index (χ0v) is 13.9. The molecule has 0 aromatic heterocycles. The van der Waals surface area contributed by atoms with Crippen molar-refractivity contribution in [3.05, 3.63) is 0 Å². The number of nitrogens with one attached hydrogen (secondary N) is 2. The maximum Gasteiger partial charge on any atom is 0.290 e. The van der Waals surface area contributed by atoms with Crippen molar-refractivity contribution in [1.82, 2.24) is 15.5 Å². The molecule has 1 aliphatic carbocycles. The van der Waals surface area contributed by atoms with E-state index in [4.69, 9.17) is 9.90 Å². The first-order valence-electron chi connectivity index (χ1n) is 8.39. The van der Waals surface area contributed by atoms with Crippen LogP contribution in [0.4, 0.5) is 0 Å². The highest BCUT2D eigenvalue weighted by molar-refractivity contribution is 5.83. The Morgan fingerprint density at radius 3 is 2.43 bits per heavy atom. The molecule has 7 heteroatoms. The Kier molecular flexibility index (Phi) is 9.28. The van der Waals surface area contributed by atoms with Gasteiger partial charge in [0.25, 0.3) is 6.47 Å². The number of hydrogen-bond acceptors (Lipinski definition) is 4. The second-order valence-electron chi connectivity index (χ2n) is 6.26. The molecule has 23 heavy (non-hydrogen) atoms. The molecule has 0 aromatic carbocycles. The lowest BCUT2D eigenvalue weighted by Crippen LogP contribution is -2.39. The van der Waals surface area contributed by atoms with Gasteiger partial charge in [-0.25, -0.2) is 0 Å². The smallest absolute Gasteiger partial charge is 0.290 e. The SMILES string of the molecule is CC(=O)NCC(=O)NCC1CCN(C2CCCCC2)C1.O=CO. The third-order valence-electron chi connectivity index (χ3n) is 4.49. The Morgan fingerprint density at radius 1 is 1.17 bits per heavy atom. The van der Waals surface area contributed by atoms with E-state index in [0.29, 0.717) is 5.92 Å². The molecular formula is C16H29N3O4. The number of nitrogens with zero attached hydrogens (tertiary/aromatic N) is 1. The van der Waals surface area contributed by atoms with Crippen LogP contribution in [0.15, 0.2) is 0 Å². The lowest BCUT2D eigenvalue weighted by Gasteiger charge is -2.31. The summed E-state index contributed by atoms with van der Waals surface area (Å²) in [5, 5.41) is 12.3. The van der Waals surface area contributed by atoms with Crippen LogP contribution < -0.4 is 10.6 Å². The number of amides is 2. The van der Waals surface area contributed by atoms with Crippen molar-refractivity contribution in [3.8, 4) is 0 Å². The average molecular weight is 327 g/mol. The summed E-state index contributed by atoms with van der Waals surface area (Å²) in [6.07, 6.45) is 8.02. The number of carbonyl (C=O) groups is 3. The third-order valence-corrected chi connectivity index (χ3v) is 4.49. The van der Waals surface area contributed by atoms with Gasteiger partial charge in [0.15, 0.2) is 0 Å². The zero-order chi connectivity index (χ0) is 17.1. The van der Waals surface area contributed by atoms with Crippen molar-refractivity contribution in [3.63, 3.8) is 0 Å². The molecule has 1 aliphatic heterocycles. The minimum atomic E-state index is -0.250. The predicted molar refractivity (Wildman–Crippen MR) is 86.9 cm³/mol. The van der Waals surface area contributed by atoms with Crippen LogP contribution in [-0.4, -0.2) is 60.5 Å². The maximum atomic E-state index is 11.5. The van der Waals surface area contributed by atoms with E-state index in [1.807, 2.05) is 0 Å². The van der Waals surface area contributed by atoms with Crippen LogP contribution in [0.3, 0.4) is 0 Å². The summed E-state index contributed by atoms with van der Waals surface area (Å²) in [5.41, 5.74) is 0. The highest BCUT2D eigenvalue weighted by Gasteiger charge is 2.28. The molecule has 1 heterocycles. The Bertz CT molecular complexity index is 384. The standard InChI is InChI=1S/C15H27N3O2.CH2O2/c1-12(19)16-10-15(20)17-9-13-7-8-18(11-13)14-5-3-2-4-6-14;2-1-3/h13-14H,2-11H2,1H3,(H,16,19)(H,17,20);1H,(H,2,3). The lowest BCUT2D eigenvalue weighted by atomic mass is 9.94. The lowest BCUT2D eigenvalue weighted by molar-refractivity contribution is -0.125. The summed E-state index contributed by atoms with van der Waals surface area (Å²) >= 11 is 0. The molecule has 0 spiro atoms. The van der Waals surface area contributed by atoms with Crippen LogP contribution in [0.1, 0.15) is 45.4 Å². The largest absolute Gasteiger partial charge is 0.483 e. The first-order valence-corrected chi connectivity index (χ1v) is 8.39. The molecule has 0 radical (unpaired) electrons. The highest BCUT2D eigenvalue weighted by Crippen LogP contribution is 2.27. The number of likely N-dealkylation sites (tertiary alicyclic amines) is 1. The number of carboxylic acid groups (broad SMARTS) is 1. The van der Waals surface area contributed by atoms with Gasteiger partial charge < -0.3 is 20.6 Å². The molecule has 1 saturated carbocycles. The Hall–Kier alpha value is -1.63. The minimum absolute atomic E-state index is 0.0867. The molecule has 2 amide bonds. The van der Waals surface area contributed by atoms with Crippen molar-refractivity contribution < 1.29 is 19.5 Å². The summed E-state index contributed by atoms with van der Waals surface area (Å²) < 4.78 is 0. The van der Waals surface area contributed by atoms with Gasteiger partial charge >= 0.3 is 0 Å². The van der Waals surface area contributed by atoms with Crippen LogP contribution in [0.5, 0.6) is 0 Å². The van der Waals surface area contributed by atoms with Gasteiger partial charge in [-0.1, -0.05) is 19.3 Å². The van der Waals surface area contributed by atoms with Gasteiger partial charge in [0.05, 0.1) is 6.54 Å². The fourth-order valence-corrected chi connectivity index (χ4v) is 3.33. The highest BCUT2D eigenvalue weighted by atomic mass is 16.3. The van der Waals surface area contributed by atoms with Gasteiger partial charge in [0, 0.05) is 26.1 Å². The van der Waals surface area contributed by atoms with Gasteiger partial charge in [-0.3, -0.25) is 14.4 Å². The Morgan fingerprint density at radius 2 is 1.83 bits per heavy atom. The fraction of sp³-hybridized carbons (Fsp3) is 0.812. The topological polar surface area (TPSA) is 98.7 Å². The van der Waals surface area contributed by atoms with Gasteiger partial charge in [0.1, 0.15) is 0 Å². The van der Waals surface area contributed by atoms with Crippen molar-refractivity contribution in [2.45, 2.75) is 51.5 Å². The van der Waals surface area contributed by atoms with Gasteiger partial charge in [-0.15, -0.1) is 0 Å². The van der Waals surface area contributed by atoms with Crippen LogP contribution >= 0.6 is 0 Å². The first-order chi connectivity index (χ1) is 11.1. The second-order valence-corrected chi connectivity index (χ2v) is 6.26. The third kappa shape index (κ3) is 7.97. The van der Waals surface area contributed by atoms with Gasteiger partial charge in [-0.2, -0.15) is 0 Å². The molecular weight excluding hydrogens is 298 g/mol. The monoisotopic (exact) mass is 327 g/mol. The van der Waals surface area contributed by atoms with Crippen LogP contribution in [0.2, 0.25) is 0 Å². The van der Waals surface area contributed by atoms with Crippen LogP contribution in [-0.2, 0) is 14.4 Å². The Labute approximate surface area is 137 Å². The molecule has 7 nitrogen and oxygen atoms in total. The average Bonchev–Trinajstić information content (AvgIpc) is 3.01. The molecule has 1 atom stereocenters. The molecule has 1 unspecified atom stereocenters. The van der Waals surface area contributed by atoms with E-state index in [1.165, 1.54) is 52.0 Å². The fourth-order valence-electron chi connectivity index (χ4n) is 3.33. The number of rotatable bonds is 5. The number of carbonyl (C=O) groups excluding carboxylic acids is 2. The van der Waals surface area contributed by atoms with Crippen LogP contribution in [0.25, 0.3) is 0 Å². The van der Waals surface area contributed by atoms with E-state index in [9.17, 15) is 9.59 Å². The molecule has 132 valence electrons. The molecule has 2 aliphatic rings. The molecule has 0 bridgehead atoms. The molecule has 2 fully saturated rings. The van der Waals surface area contributed by atoms with Crippen molar-refractivity contribution in [1.29, 1.82) is 0 Å². The van der Waals surface area contributed by atoms with E-state index in [2.05, 4.69) is 15.5 Å². The molecule has 3 N–H and O–H groups in total. The molecule has 0 aromatic rings. The first kappa shape index (κ1) is 19.4. The summed E-state index contributed by atoms with van der Waals surface area (Å²) in [6.45, 7) is 4.30. The van der Waals surface area contributed by atoms with E-state index < -0.39 is 0 Å². The molecule has 2 rings (SSSR count). The quantitative estimate of drug-likeness (QED) is 0.642. The Balaban J connectivity index is 0.000000816. The summed E-state index contributed by atoms with van der Waals surface area (Å²) in [4.78, 5) is 33.3. The van der Waals surface area contributed by atoms with E-state index in [-0.39, 0.29) is 24.8 Å². The maximum absolute atomic E-state index is 11.5. The summed E-state index contributed by atoms with van der Waals surface area (Å²) in [7, 11) is 0. The number of hydrogen-bond donors (Lipinski definition) is 3. The van der Waals surface area contributed by atoms with Gasteiger partial charge in [-0.05, 0) is 31.7 Å². The minimum Gasteiger partial charge on any atom is -0.483 e. The van der Waals surface area contributed by atoms with Crippen molar-refractivity contribution in [2.75, 3.05) is 26.2 Å². The van der Waals surface area contributed by atoms with Crippen LogP contribution in [0, 0.1) is 5.92 Å². The van der Waals surface area contributed by atoms with E-state index in [0.717, 1.165) is 19.1 Å². The van der Waals surface area contributed by atoms with Crippen molar-refractivity contribution in [2.24, 2.45) is 5.92 Å². The summed E-state index contributed by atoms with van der Waals surface area (Å²) in [6, 6.07) is 0.781. The zero-order valence-electron chi connectivity index (χ0n) is 13.9. The predicted octanol–water partition coefficient (Wildman–Crippen LogP) is 0.594.